The number of aromatic hydroxyl groups is 1. The number of benzene rings is 2. The number of carbonyl (C=O) groups is 2. The van der Waals surface area contributed by atoms with Crippen LogP contribution in [-0.4, -0.2) is 23.0 Å². The van der Waals surface area contributed by atoms with Gasteiger partial charge in [-0.15, -0.1) is 0 Å². The van der Waals surface area contributed by atoms with Crippen LogP contribution in [0.4, 0.5) is 5.69 Å². The quantitative estimate of drug-likeness (QED) is 0.737. The zero-order chi connectivity index (χ0) is 19.3. The second-order valence-corrected chi connectivity index (χ2v) is 6.98. The van der Waals surface area contributed by atoms with Crippen LogP contribution >= 0.6 is 0 Å². The van der Waals surface area contributed by atoms with Gasteiger partial charge in [-0.25, -0.2) is 0 Å². The first-order valence-electron chi connectivity index (χ1n) is 8.79. The monoisotopic (exact) mass is 354 g/mol. The van der Waals surface area contributed by atoms with Crippen molar-refractivity contribution in [1.82, 2.24) is 5.32 Å². The minimum Gasteiger partial charge on any atom is -0.507 e. The molecular weight excluding hydrogens is 328 g/mol. The molecule has 5 nitrogen and oxygen atoms in total. The fraction of sp³-hybridized carbons (Fsp3) is 0.333. The molecule has 0 saturated carbocycles. The molecule has 2 aromatic rings. The Balaban J connectivity index is 2.02. The maximum Gasteiger partial charge on any atom is 0.259 e. The summed E-state index contributed by atoms with van der Waals surface area (Å²) in [6, 6.07) is 12.3. The third kappa shape index (κ3) is 5.34. The second-order valence-electron chi connectivity index (χ2n) is 6.98. The third-order valence-electron chi connectivity index (χ3n) is 3.96. The summed E-state index contributed by atoms with van der Waals surface area (Å²) >= 11 is 0. The van der Waals surface area contributed by atoms with Gasteiger partial charge in [0.2, 0.25) is 5.91 Å². The smallest absolute Gasteiger partial charge is 0.259 e. The Hall–Kier alpha value is -2.82. The Bertz CT molecular complexity index is 780. The lowest BCUT2D eigenvalue weighted by molar-refractivity contribution is -0.120. The minimum absolute atomic E-state index is 0.0318. The maximum absolute atomic E-state index is 12.4. The van der Waals surface area contributed by atoms with Crippen LogP contribution < -0.4 is 10.6 Å². The molecule has 138 valence electrons. The summed E-state index contributed by atoms with van der Waals surface area (Å²) in [6.45, 7) is 7.88. The topological polar surface area (TPSA) is 78.4 Å². The van der Waals surface area contributed by atoms with Crippen molar-refractivity contribution in [2.45, 2.75) is 46.1 Å². The van der Waals surface area contributed by atoms with Crippen molar-refractivity contribution in [3.8, 4) is 5.75 Å². The average Bonchev–Trinajstić information content (AvgIpc) is 2.55. The minimum atomic E-state index is -0.372. The Morgan fingerprint density at radius 3 is 2.19 bits per heavy atom. The van der Waals surface area contributed by atoms with E-state index >= 15 is 0 Å². The lowest BCUT2D eigenvalue weighted by Crippen LogP contribution is -2.31. The molecule has 0 fully saturated rings. The number of nitrogens with one attached hydrogen (secondary N) is 2. The highest BCUT2D eigenvalue weighted by atomic mass is 16.3. The predicted octanol–water partition coefficient (Wildman–Crippen LogP) is 3.84. The molecule has 0 unspecified atom stereocenters. The molecule has 0 spiro atoms. The van der Waals surface area contributed by atoms with E-state index < -0.39 is 0 Å². The highest BCUT2D eigenvalue weighted by Crippen LogP contribution is 2.24. The van der Waals surface area contributed by atoms with E-state index in [4.69, 9.17) is 0 Å². The number of hydrogen-bond donors (Lipinski definition) is 3. The van der Waals surface area contributed by atoms with Gasteiger partial charge >= 0.3 is 0 Å². The van der Waals surface area contributed by atoms with Gasteiger partial charge in [0, 0.05) is 11.7 Å². The highest BCUT2D eigenvalue weighted by Gasteiger charge is 2.13. The molecule has 0 bridgehead atoms. The summed E-state index contributed by atoms with van der Waals surface area (Å²) in [5, 5.41) is 15.7. The van der Waals surface area contributed by atoms with Crippen molar-refractivity contribution >= 4 is 17.5 Å². The van der Waals surface area contributed by atoms with Crippen LogP contribution in [-0.2, 0) is 11.2 Å². The first-order valence-corrected chi connectivity index (χ1v) is 8.79. The van der Waals surface area contributed by atoms with Crippen molar-refractivity contribution in [3.05, 3.63) is 59.2 Å². The molecule has 5 heteroatoms. The Kier molecular flexibility index (Phi) is 6.39. The molecule has 26 heavy (non-hydrogen) atoms. The Morgan fingerprint density at radius 1 is 1.00 bits per heavy atom. The number of carbonyl (C=O) groups excluding carboxylic acids is 2. The Labute approximate surface area is 154 Å². The lowest BCUT2D eigenvalue weighted by atomic mass is 10.0. The van der Waals surface area contributed by atoms with Crippen molar-refractivity contribution in [2.24, 2.45) is 0 Å². The number of amides is 2. The van der Waals surface area contributed by atoms with E-state index in [0.717, 1.165) is 11.1 Å². The molecule has 0 aromatic heterocycles. The summed E-state index contributed by atoms with van der Waals surface area (Å²) in [5.41, 5.74) is 2.68. The number of phenols is 1. The molecule has 2 amide bonds. The van der Waals surface area contributed by atoms with Gasteiger partial charge in [0.05, 0.1) is 12.0 Å². The van der Waals surface area contributed by atoms with E-state index in [2.05, 4.69) is 10.6 Å². The summed E-state index contributed by atoms with van der Waals surface area (Å²) < 4.78 is 0. The van der Waals surface area contributed by atoms with E-state index in [1.165, 1.54) is 0 Å². The van der Waals surface area contributed by atoms with Gasteiger partial charge in [-0.05, 0) is 55.2 Å². The zero-order valence-corrected chi connectivity index (χ0v) is 15.7. The maximum atomic E-state index is 12.4. The SMILES string of the molecule is CC(C)NC(=O)Cc1ccc(NC(=O)c2ccc(C(C)C)cc2O)cc1. The van der Waals surface area contributed by atoms with Gasteiger partial charge in [0.1, 0.15) is 5.75 Å². The highest BCUT2D eigenvalue weighted by molar-refractivity contribution is 6.06. The van der Waals surface area contributed by atoms with Gasteiger partial charge in [-0.1, -0.05) is 32.0 Å². The fourth-order valence-corrected chi connectivity index (χ4v) is 2.56. The van der Waals surface area contributed by atoms with Crippen LogP contribution in [0.1, 0.15) is 55.1 Å². The van der Waals surface area contributed by atoms with Crippen molar-refractivity contribution in [3.63, 3.8) is 0 Å². The van der Waals surface area contributed by atoms with E-state index in [9.17, 15) is 14.7 Å². The number of phenolic OH excluding ortho intramolecular Hbond substituents is 1. The summed E-state index contributed by atoms with van der Waals surface area (Å²) in [5.74, 6) is -0.163. The van der Waals surface area contributed by atoms with E-state index in [0.29, 0.717) is 12.1 Å². The molecule has 0 heterocycles. The molecule has 2 aromatic carbocycles. The molecule has 0 aliphatic heterocycles. The van der Waals surface area contributed by atoms with Gasteiger partial charge in [-0.3, -0.25) is 9.59 Å². The van der Waals surface area contributed by atoms with Gasteiger partial charge in [0.15, 0.2) is 0 Å². The number of hydrogen-bond acceptors (Lipinski definition) is 3. The zero-order valence-electron chi connectivity index (χ0n) is 15.7. The van der Waals surface area contributed by atoms with Crippen molar-refractivity contribution in [2.75, 3.05) is 5.32 Å². The van der Waals surface area contributed by atoms with Crippen molar-refractivity contribution < 1.29 is 14.7 Å². The second kappa shape index (κ2) is 8.52. The summed E-state index contributed by atoms with van der Waals surface area (Å²) in [7, 11) is 0. The van der Waals surface area contributed by atoms with Crippen LogP contribution in [0.3, 0.4) is 0 Å². The predicted molar refractivity (Wildman–Crippen MR) is 104 cm³/mol. The van der Waals surface area contributed by atoms with E-state index in [1.54, 1.807) is 36.4 Å². The standard InChI is InChI=1S/C21H26N2O3/c1-13(2)16-7-10-18(19(24)12-16)21(26)23-17-8-5-15(6-9-17)11-20(25)22-14(3)4/h5-10,12-14,24H,11H2,1-4H3,(H,22,25)(H,23,26). The van der Waals surface area contributed by atoms with Crippen LogP contribution in [0.15, 0.2) is 42.5 Å². The number of anilines is 1. The molecule has 0 atom stereocenters. The lowest BCUT2D eigenvalue weighted by Gasteiger charge is -2.11. The molecule has 0 aliphatic rings. The molecule has 0 aliphatic carbocycles. The first-order chi connectivity index (χ1) is 12.3. The van der Waals surface area contributed by atoms with Crippen LogP contribution in [0.25, 0.3) is 0 Å². The molecule has 2 rings (SSSR count). The van der Waals surface area contributed by atoms with Crippen LogP contribution in [0.2, 0.25) is 0 Å². The molecular formula is C21H26N2O3. The number of rotatable bonds is 6. The third-order valence-corrected chi connectivity index (χ3v) is 3.96. The largest absolute Gasteiger partial charge is 0.507 e. The van der Waals surface area contributed by atoms with Crippen molar-refractivity contribution in [1.29, 1.82) is 0 Å². The first kappa shape index (κ1) is 19.5. The van der Waals surface area contributed by atoms with E-state index in [-0.39, 0.29) is 35.1 Å². The van der Waals surface area contributed by atoms with Gasteiger partial charge < -0.3 is 15.7 Å². The molecule has 0 saturated heterocycles. The van der Waals surface area contributed by atoms with Crippen LogP contribution in [0, 0.1) is 0 Å². The molecule has 0 radical (unpaired) electrons. The summed E-state index contributed by atoms with van der Waals surface area (Å²) in [4.78, 5) is 24.1. The fourth-order valence-electron chi connectivity index (χ4n) is 2.56. The summed E-state index contributed by atoms with van der Waals surface area (Å²) in [6.07, 6.45) is 0.295. The Morgan fingerprint density at radius 2 is 1.65 bits per heavy atom. The van der Waals surface area contributed by atoms with E-state index in [1.807, 2.05) is 33.8 Å². The van der Waals surface area contributed by atoms with Crippen LogP contribution in [0.5, 0.6) is 5.75 Å². The normalized spacial score (nSPS) is 10.8. The average molecular weight is 354 g/mol. The van der Waals surface area contributed by atoms with Gasteiger partial charge in [-0.2, -0.15) is 0 Å². The van der Waals surface area contributed by atoms with Gasteiger partial charge in [0.25, 0.3) is 5.91 Å². The molecule has 3 N–H and O–H groups in total.